The maximum absolute atomic E-state index is 12.7. The molecule has 0 aromatic heterocycles. The van der Waals surface area contributed by atoms with E-state index in [4.69, 9.17) is 4.74 Å². The maximum Gasteiger partial charge on any atom is 0.288 e. The largest absolute Gasteiger partial charge is 0.494 e. The van der Waals surface area contributed by atoms with E-state index in [9.17, 15) is 18.4 Å². The van der Waals surface area contributed by atoms with Gasteiger partial charge in [0.1, 0.15) is 5.75 Å². The minimum absolute atomic E-state index is 0.0306. The third-order valence-electron chi connectivity index (χ3n) is 4.87. The lowest BCUT2D eigenvalue weighted by Gasteiger charge is -2.32. The fourth-order valence-electron chi connectivity index (χ4n) is 3.33. The Morgan fingerprint density at radius 3 is 2.23 bits per heavy atom. The topological polar surface area (TPSA) is 58.6 Å². The molecule has 3 rings (SSSR count). The predicted octanol–water partition coefficient (Wildman–Crippen LogP) is 4.43. The van der Waals surface area contributed by atoms with Gasteiger partial charge >= 0.3 is 0 Å². The number of carbonyl (C=O) groups is 2. The second kappa shape index (κ2) is 10.4. The zero-order chi connectivity index (χ0) is 21.5. The third kappa shape index (κ3) is 5.95. The van der Waals surface area contributed by atoms with Gasteiger partial charge in [-0.2, -0.15) is 8.78 Å². The first-order valence-electron chi connectivity index (χ1n) is 9.84. The zero-order valence-corrected chi connectivity index (χ0v) is 17.5. The van der Waals surface area contributed by atoms with E-state index in [-0.39, 0.29) is 17.9 Å². The fourth-order valence-corrected chi connectivity index (χ4v) is 3.83. The average Bonchev–Trinajstić information content (AvgIpc) is 2.75. The number of hydrogen-bond acceptors (Lipinski definition) is 4. The Balaban J connectivity index is 1.49. The van der Waals surface area contributed by atoms with Crippen molar-refractivity contribution in [2.45, 2.75) is 36.5 Å². The lowest BCUT2D eigenvalue weighted by atomic mass is 10.0. The SMILES string of the molecule is CCOc1ccc(C(=O)N2CCC(NC(=O)c3ccc(SC(F)F)cc3)CC2)cc1. The summed E-state index contributed by atoms with van der Waals surface area (Å²) in [5.74, 6) is -2.02. The molecule has 1 fully saturated rings. The molecule has 2 amide bonds. The van der Waals surface area contributed by atoms with E-state index in [1.807, 2.05) is 6.92 Å². The molecule has 1 aliphatic rings. The van der Waals surface area contributed by atoms with Crippen LogP contribution in [0.5, 0.6) is 5.75 Å². The number of rotatable bonds is 7. The van der Waals surface area contributed by atoms with Crippen LogP contribution in [-0.2, 0) is 0 Å². The van der Waals surface area contributed by atoms with Crippen LogP contribution in [0.3, 0.4) is 0 Å². The standard InChI is InChI=1S/C22H24F2N2O3S/c1-2-29-18-7-3-16(4-8-18)21(28)26-13-11-17(12-14-26)25-20(27)15-5-9-19(10-6-15)30-22(23)24/h3-10,17,22H,2,11-14H2,1H3,(H,25,27). The molecule has 1 heterocycles. The molecule has 5 nitrogen and oxygen atoms in total. The predicted molar refractivity (Wildman–Crippen MR) is 112 cm³/mol. The van der Waals surface area contributed by atoms with Gasteiger partial charge in [0.05, 0.1) is 6.61 Å². The van der Waals surface area contributed by atoms with Gasteiger partial charge in [0.2, 0.25) is 0 Å². The van der Waals surface area contributed by atoms with E-state index >= 15 is 0 Å². The van der Waals surface area contributed by atoms with Crippen molar-refractivity contribution in [3.05, 3.63) is 59.7 Å². The summed E-state index contributed by atoms with van der Waals surface area (Å²) < 4.78 is 30.2. The number of carbonyl (C=O) groups excluding carboxylic acids is 2. The molecular weight excluding hydrogens is 410 g/mol. The highest BCUT2D eigenvalue weighted by Gasteiger charge is 2.25. The van der Waals surface area contributed by atoms with E-state index in [0.29, 0.717) is 60.3 Å². The lowest BCUT2D eigenvalue weighted by Crippen LogP contribution is -2.46. The summed E-state index contributed by atoms with van der Waals surface area (Å²) >= 11 is 0.449. The Labute approximate surface area is 178 Å². The molecular formula is C22H24F2N2O3S. The Hall–Kier alpha value is -2.61. The van der Waals surface area contributed by atoms with E-state index in [1.54, 1.807) is 41.3 Å². The highest BCUT2D eigenvalue weighted by Crippen LogP contribution is 2.25. The summed E-state index contributed by atoms with van der Waals surface area (Å²) in [6.45, 7) is 3.59. The van der Waals surface area contributed by atoms with Gasteiger partial charge in [-0.3, -0.25) is 9.59 Å². The molecule has 0 saturated carbocycles. The Morgan fingerprint density at radius 1 is 1.07 bits per heavy atom. The summed E-state index contributed by atoms with van der Waals surface area (Å²) in [5.41, 5.74) is 1.05. The normalized spacial score (nSPS) is 14.6. The second-order valence-corrected chi connectivity index (χ2v) is 7.96. The van der Waals surface area contributed by atoms with Crippen LogP contribution in [0.1, 0.15) is 40.5 Å². The van der Waals surface area contributed by atoms with E-state index < -0.39 is 5.76 Å². The molecule has 0 atom stereocenters. The molecule has 30 heavy (non-hydrogen) atoms. The molecule has 1 aliphatic heterocycles. The molecule has 1 saturated heterocycles. The highest BCUT2D eigenvalue weighted by molar-refractivity contribution is 7.99. The highest BCUT2D eigenvalue weighted by atomic mass is 32.2. The summed E-state index contributed by atoms with van der Waals surface area (Å²) in [5, 5.41) is 2.97. The van der Waals surface area contributed by atoms with Crippen molar-refractivity contribution < 1.29 is 23.1 Å². The summed E-state index contributed by atoms with van der Waals surface area (Å²) in [4.78, 5) is 27.3. The first-order valence-corrected chi connectivity index (χ1v) is 10.7. The first-order chi connectivity index (χ1) is 14.5. The van der Waals surface area contributed by atoms with Gasteiger partial charge in [0, 0.05) is 35.2 Å². The quantitative estimate of drug-likeness (QED) is 0.655. The smallest absolute Gasteiger partial charge is 0.288 e. The number of nitrogens with zero attached hydrogens (tertiary/aromatic N) is 1. The van der Waals surface area contributed by atoms with Crippen molar-refractivity contribution in [1.29, 1.82) is 0 Å². The van der Waals surface area contributed by atoms with Crippen LogP contribution < -0.4 is 10.1 Å². The molecule has 0 radical (unpaired) electrons. The van der Waals surface area contributed by atoms with Crippen molar-refractivity contribution in [3.63, 3.8) is 0 Å². The van der Waals surface area contributed by atoms with Crippen LogP contribution >= 0.6 is 11.8 Å². The van der Waals surface area contributed by atoms with Gasteiger partial charge < -0.3 is 15.0 Å². The average molecular weight is 435 g/mol. The van der Waals surface area contributed by atoms with E-state index in [1.165, 1.54) is 12.1 Å². The van der Waals surface area contributed by atoms with Crippen molar-refractivity contribution in [3.8, 4) is 5.75 Å². The van der Waals surface area contributed by atoms with Crippen LogP contribution in [0.2, 0.25) is 0 Å². The monoisotopic (exact) mass is 434 g/mol. The maximum atomic E-state index is 12.7. The molecule has 2 aromatic rings. The number of thioether (sulfide) groups is 1. The van der Waals surface area contributed by atoms with Crippen molar-refractivity contribution in [2.24, 2.45) is 0 Å². The first kappa shape index (κ1) is 22.1. The molecule has 1 N–H and O–H groups in total. The number of nitrogens with one attached hydrogen (secondary N) is 1. The van der Waals surface area contributed by atoms with Gasteiger partial charge in [-0.25, -0.2) is 0 Å². The van der Waals surface area contributed by atoms with Crippen LogP contribution in [0.15, 0.2) is 53.4 Å². The van der Waals surface area contributed by atoms with Crippen LogP contribution in [0, 0.1) is 0 Å². The number of benzene rings is 2. The van der Waals surface area contributed by atoms with Crippen LogP contribution in [0.25, 0.3) is 0 Å². The number of alkyl halides is 2. The summed E-state index contributed by atoms with van der Waals surface area (Å²) in [6, 6.07) is 13.2. The Bertz CT molecular complexity index is 852. The minimum atomic E-state index is -2.49. The van der Waals surface area contributed by atoms with Gasteiger partial charge in [0.25, 0.3) is 17.6 Å². The molecule has 160 valence electrons. The molecule has 2 aromatic carbocycles. The number of piperidine rings is 1. The third-order valence-corrected chi connectivity index (χ3v) is 5.59. The van der Waals surface area contributed by atoms with Gasteiger partial charge in [-0.05, 0) is 68.3 Å². The summed E-state index contributed by atoms with van der Waals surface area (Å²) in [7, 11) is 0. The van der Waals surface area contributed by atoms with Crippen LogP contribution in [-0.4, -0.2) is 48.2 Å². The van der Waals surface area contributed by atoms with Gasteiger partial charge in [0.15, 0.2) is 0 Å². The summed E-state index contributed by atoms with van der Waals surface area (Å²) in [6.07, 6.45) is 1.32. The zero-order valence-electron chi connectivity index (χ0n) is 16.6. The molecule has 8 heteroatoms. The minimum Gasteiger partial charge on any atom is -0.494 e. The van der Waals surface area contributed by atoms with Gasteiger partial charge in [-0.15, -0.1) is 0 Å². The van der Waals surface area contributed by atoms with Crippen molar-refractivity contribution >= 4 is 23.6 Å². The fraction of sp³-hybridized carbons (Fsp3) is 0.364. The van der Waals surface area contributed by atoms with E-state index in [0.717, 1.165) is 5.75 Å². The molecule has 0 aliphatic carbocycles. The number of ether oxygens (including phenoxy) is 1. The molecule has 0 spiro atoms. The number of halogens is 2. The Kier molecular flexibility index (Phi) is 7.68. The van der Waals surface area contributed by atoms with E-state index in [2.05, 4.69) is 5.32 Å². The van der Waals surface area contributed by atoms with Crippen LogP contribution in [0.4, 0.5) is 8.78 Å². The Morgan fingerprint density at radius 2 is 1.67 bits per heavy atom. The second-order valence-electron chi connectivity index (χ2n) is 6.90. The molecule has 0 bridgehead atoms. The number of likely N-dealkylation sites (tertiary alicyclic amines) is 1. The molecule has 0 unspecified atom stereocenters. The van der Waals surface area contributed by atoms with Gasteiger partial charge in [-0.1, -0.05) is 11.8 Å². The number of hydrogen-bond donors (Lipinski definition) is 1. The lowest BCUT2D eigenvalue weighted by molar-refractivity contribution is 0.0698. The van der Waals surface area contributed by atoms with Crippen molar-refractivity contribution in [2.75, 3.05) is 19.7 Å². The van der Waals surface area contributed by atoms with Crippen molar-refractivity contribution in [1.82, 2.24) is 10.2 Å². The number of amides is 2.